The Morgan fingerprint density at radius 2 is 2.07 bits per heavy atom. The first-order chi connectivity index (χ1) is 14.0. The molecular weight excluding hydrogens is 390 g/mol. The van der Waals surface area contributed by atoms with Crippen LogP contribution < -0.4 is 4.74 Å². The first kappa shape index (κ1) is 19.0. The minimum absolute atomic E-state index is 0.0808. The van der Waals surface area contributed by atoms with Crippen LogP contribution in [0, 0.1) is 6.92 Å². The summed E-state index contributed by atoms with van der Waals surface area (Å²) < 4.78 is 10.6. The van der Waals surface area contributed by atoms with E-state index in [0.29, 0.717) is 17.1 Å². The zero-order valence-corrected chi connectivity index (χ0v) is 16.7. The fourth-order valence-corrected chi connectivity index (χ4v) is 4.38. The van der Waals surface area contributed by atoms with Crippen LogP contribution in [-0.2, 0) is 16.1 Å². The van der Waals surface area contributed by atoms with Crippen LogP contribution in [0.3, 0.4) is 0 Å². The molecule has 1 saturated heterocycles. The summed E-state index contributed by atoms with van der Waals surface area (Å²) in [5.41, 5.74) is 1.31. The molecule has 29 heavy (non-hydrogen) atoms. The van der Waals surface area contributed by atoms with Crippen LogP contribution >= 0.6 is 11.3 Å². The second kappa shape index (κ2) is 7.60. The first-order valence-electron chi connectivity index (χ1n) is 9.00. The zero-order valence-electron chi connectivity index (χ0n) is 15.9. The zero-order chi connectivity index (χ0) is 20.5. The highest BCUT2D eigenvalue weighted by Crippen LogP contribution is 2.42. The number of carbonyl (C=O) groups is 2. The van der Waals surface area contributed by atoms with Crippen molar-refractivity contribution < 1.29 is 23.8 Å². The lowest BCUT2D eigenvalue weighted by molar-refractivity contribution is -0.140. The van der Waals surface area contributed by atoms with Gasteiger partial charge in [-0.25, -0.2) is 0 Å². The van der Waals surface area contributed by atoms with Crippen molar-refractivity contribution in [3.05, 3.63) is 81.4 Å². The fraction of sp³-hybridized carbons (Fsp3) is 0.182. The second-order valence-electron chi connectivity index (χ2n) is 6.70. The molecule has 1 atom stereocenters. The molecule has 148 valence electrons. The number of hydrogen-bond donors (Lipinski definition) is 1. The van der Waals surface area contributed by atoms with Gasteiger partial charge in [0.25, 0.3) is 11.7 Å². The number of furan rings is 1. The molecule has 3 aromatic rings. The van der Waals surface area contributed by atoms with Gasteiger partial charge in [0.15, 0.2) is 0 Å². The standard InChI is InChI=1S/C22H19NO5S/c1-13-11-14(27-2)7-8-16(13)20(24)18-19(17-6-4-10-29-17)23(22(26)21(18)25)12-15-5-3-9-28-15/h3-11,19,24H,12H2,1-2H3/b20-18-. The van der Waals surface area contributed by atoms with E-state index in [1.54, 1.807) is 37.4 Å². The summed E-state index contributed by atoms with van der Waals surface area (Å²) in [5, 5.41) is 13.0. The second-order valence-corrected chi connectivity index (χ2v) is 7.68. The van der Waals surface area contributed by atoms with Gasteiger partial charge in [0.1, 0.15) is 23.3 Å². The fourth-order valence-electron chi connectivity index (χ4n) is 3.53. The normalized spacial score (nSPS) is 18.4. The van der Waals surface area contributed by atoms with E-state index in [2.05, 4.69) is 0 Å². The van der Waals surface area contributed by atoms with Crippen LogP contribution in [0.5, 0.6) is 5.75 Å². The molecule has 4 rings (SSSR count). The van der Waals surface area contributed by atoms with E-state index in [4.69, 9.17) is 9.15 Å². The van der Waals surface area contributed by atoms with E-state index >= 15 is 0 Å². The molecule has 2 aromatic heterocycles. The van der Waals surface area contributed by atoms with Crippen molar-refractivity contribution in [1.29, 1.82) is 0 Å². The van der Waals surface area contributed by atoms with E-state index in [0.717, 1.165) is 10.4 Å². The highest BCUT2D eigenvalue weighted by molar-refractivity contribution is 7.10. The van der Waals surface area contributed by atoms with Crippen molar-refractivity contribution in [3.8, 4) is 5.75 Å². The lowest BCUT2D eigenvalue weighted by atomic mass is 9.97. The summed E-state index contributed by atoms with van der Waals surface area (Å²) in [6.45, 7) is 1.95. The van der Waals surface area contributed by atoms with Crippen molar-refractivity contribution in [1.82, 2.24) is 4.90 Å². The van der Waals surface area contributed by atoms with Gasteiger partial charge in [0.2, 0.25) is 0 Å². The molecule has 0 spiro atoms. The van der Waals surface area contributed by atoms with Crippen LogP contribution in [-0.4, -0.2) is 28.8 Å². The Bertz CT molecular complexity index is 1080. The monoisotopic (exact) mass is 409 g/mol. The van der Waals surface area contributed by atoms with Gasteiger partial charge in [0.05, 0.1) is 25.5 Å². The van der Waals surface area contributed by atoms with Crippen LogP contribution in [0.25, 0.3) is 5.76 Å². The summed E-state index contributed by atoms with van der Waals surface area (Å²) in [6.07, 6.45) is 1.52. The Hall–Kier alpha value is -3.32. The molecule has 0 radical (unpaired) electrons. The van der Waals surface area contributed by atoms with E-state index in [9.17, 15) is 14.7 Å². The Morgan fingerprint density at radius 1 is 1.24 bits per heavy atom. The maximum atomic E-state index is 12.9. The molecule has 1 aliphatic heterocycles. The van der Waals surface area contributed by atoms with E-state index < -0.39 is 17.7 Å². The molecule has 0 bridgehead atoms. The SMILES string of the molecule is COc1ccc(/C(O)=C2/C(=O)C(=O)N(Cc3ccco3)C2c2cccs2)c(C)c1. The number of aliphatic hydroxyl groups excluding tert-OH is 1. The number of thiophene rings is 1. The van der Waals surface area contributed by atoms with Crippen molar-refractivity contribution in [3.63, 3.8) is 0 Å². The van der Waals surface area contributed by atoms with Crippen molar-refractivity contribution in [2.75, 3.05) is 7.11 Å². The summed E-state index contributed by atoms with van der Waals surface area (Å²) in [5.74, 6) is -0.347. The summed E-state index contributed by atoms with van der Waals surface area (Å²) >= 11 is 1.43. The Balaban J connectivity index is 1.85. The number of hydrogen-bond acceptors (Lipinski definition) is 6. The number of ether oxygens (including phenoxy) is 1. The molecule has 7 heteroatoms. The third-order valence-corrected chi connectivity index (χ3v) is 5.87. The predicted molar refractivity (Wildman–Crippen MR) is 109 cm³/mol. The highest BCUT2D eigenvalue weighted by atomic mass is 32.1. The molecule has 3 heterocycles. The number of aryl methyl sites for hydroxylation is 1. The van der Waals surface area contributed by atoms with Gasteiger partial charge in [-0.3, -0.25) is 9.59 Å². The van der Waals surface area contributed by atoms with Gasteiger partial charge in [-0.05, 0) is 54.3 Å². The lowest BCUT2D eigenvalue weighted by Crippen LogP contribution is -2.28. The van der Waals surface area contributed by atoms with Gasteiger partial charge in [-0.2, -0.15) is 0 Å². The molecule has 6 nitrogen and oxygen atoms in total. The molecule has 1 amide bonds. The lowest BCUT2D eigenvalue weighted by Gasteiger charge is -2.23. The number of amides is 1. The smallest absolute Gasteiger partial charge is 0.296 e. The molecule has 1 aromatic carbocycles. The summed E-state index contributed by atoms with van der Waals surface area (Å²) in [7, 11) is 1.56. The Kier molecular flexibility index (Phi) is 4.98. The molecule has 1 N–H and O–H groups in total. The molecular formula is C22H19NO5S. The highest BCUT2D eigenvalue weighted by Gasteiger charge is 2.46. The van der Waals surface area contributed by atoms with Gasteiger partial charge < -0.3 is 19.2 Å². The molecule has 1 unspecified atom stereocenters. The van der Waals surface area contributed by atoms with Crippen molar-refractivity contribution in [2.45, 2.75) is 19.5 Å². The number of benzene rings is 1. The molecule has 1 fully saturated rings. The number of nitrogens with zero attached hydrogens (tertiary/aromatic N) is 1. The van der Waals surface area contributed by atoms with Crippen molar-refractivity contribution in [2.24, 2.45) is 0 Å². The molecule has 0 aliphatic carbocycles. The number of ketones is 1. The van der Waals surface area contributed by atoms with E-state index in [-0.39, 0.29) is 17.9 Å². The number of rotatable bonds is 5. The number of carbonyl (C=O) groups excluding carboxylic acids is 2. The number of Topliss-reactive ketones (excluding diaryl/α,β-unsaturated/α-hetero) is 1. The van der Waals surface area contributed by atoms with Crippen molar-refractivity contribution >= 4 is 28.8 Å². The Morgan fingerprint density at radius 3 is 2.69 bits per heavy atom. The first-order valence-corrected chi connectivity index (χ1v) is 9.88. The average molecular weight is 409 g/mol. The maximum Gasteiger partial charge on any atom is 0.296 e. The number of aliphatic hydroxyl groups is 1. The summed E-state index contributed by atoms with van der Waals surface area (Å²) in [4.78, 5) is 28.0. The minimum atomic E-state index is -0.706. The quantitative estimate of drug-likeness (QED) is 0.387. The largest absolute Gasteiger partial charge is 0.507 e. The number of methoxy groups -OCH3 is 1. The van der Waals surface area contributed by atoms with Gasteiger partial charge in [-0.15, -0.1) is 11.3 Å². The van der Waals surface area contributed by atoms with Crippen LogP contribution in [0.4, 0.5) is 0 Å². The Labute approximate surface area is 171 Å². The van der Waals surface area contributed by atoms with Crippen LogP contribution in [0.1, 0.15) is 27.8 Å². The topological polar surface area (TPSA) is 80.0 Å². The third kappa shape index (κ3) is 3.34. The van der Waals surface area contributed by atoms with E-state index in [1.165, 1.54) is 22.5 Å². The average Bonchev–Trinajstić information content (AvgIpc) is 3.46. The summed E-state index contributed by atoms with van der Waals surface area (Å²) in [6, 6.07) is 11.7. The number of likely N-dealkylation sites (tertiary alicyclic amines) is 1. The van der Waals surface area contributed by atoms with Crippen LogP contribution in [0.15, 0.2) is 64.1 Å². The van der Waals surface area contributed by atoms with E-state index in [1.807, 2.05) is 24.4 Å². The third-order valence-electron chi connectivity index (χ3n) is 4.95. The predicted octanol–water partition coefficient (Wildman–Crippen LogP) is 4.28. The van der Waals surface area contributed by atoms with Gasteiger partial charge in [-0.1, -0.05) is 6.07 Å². The molecule has 1 aliphatic rings. The molecule has 0 saturated carbocycles. The van der Waals surface area contributed by atoms with Gasteiger partial charge >= 0.3 is 0 Å². The minimum Gasteiger partial charge on any atom is -0.507 e. The van der Waals surface area contributed by atoms with Gasteiger partial charge in [0, 0.05) is 10.4 Å². The van der Waals surface area contributed by atoms with Crippen LogP contribution in [0.2, 0.25) is 0 Å². The maximum absolute atomic E-state index is 12.9.